The van der Waals surface area contributed by atoms with Crippen LogP contribution in [0.5, 0.6) is 0 Å². The van der Waals surface area contributed by atoms with Gasteiger partial charge in [0.25, 0.3) is 0 Å². The number of hydrogen-bond donors (Lipinski definition) is 1. The Morgan fingerprint density at radius 2 is 1.90 bits per heavy atom. The first kappa shape index (κ1) is 15.1. The molecule has 1 aliphatic rings. The van der Waals surface area contributed by atoms with Crippen LogP contribution < -0.4 is 0 Å². The molecule has 20 heavy (non-hydrogen) atoms. The maximum absolute atomic E-state index is 11.4. The second-order valence-corrected chi connectivity index (χ2v) is 5.68. The number of carboxylic acids is 1. The molecule has 1 aromatic rings. The van der Waals surface area contributed by atoms with E-state index in [2.05, 4.69) is 23.3 Å². The fourth-order valence-electron chi connectivity index (χ4n) is 3.25. The summed E-state index contributed by atoms with van der Waals surface area (Å²) in [6, 6.07) is 1.76. The van der Waals surface area contributed by atoms with Gasteiger partial charge in [0.1, 0.15) is 0 Å². The number of rotatable bonds is 7. The van der Waals surface area contributed by atoms with Gasteiger partial charge in [-0.2, -0.15) is 0 Å². The Kier molecular flexibility index (Phi) is 5.24. The number of aromatic nitrogens is 1. The highest BCUT2D eigenvalue weighted by atomic mass is 16.4. The maximum atomic E-state index is 11.4. The maximum Gasteiger partial charge on any atom is 0.337 e. The third-order valence-corrected chi connectivity index (χ3v) is 4.47. The summed E-state index contributed by atoms with van der Waals surface area (Å²) in [5, 5.41) is 9.37. The third kappa shape index (κ3) is 3.23. The summed E-state index contributed by atoms with van der Waals surface area (Å²) in [6.07, 6.45) is 6.53. The molecule has 0 aromatic carbocycles. The van der Waals surface area contributed by atoms with E-state index in [9.17, 15) is 9.90 Å². The van der Waals surface area contributed by atoms with Crippen molar-refractivity contribution in [2.75, 3.05) is 19.6 Å². The van der Waals surface area contributed by atoms with E-state index in [0.29, 0.717) is 11.5 Å². The molecule has 0 atom stereocenters. The predicted octanol–water partition coefficient (Wildman–Crippen LogP) is 3.19. The van der Waals surface area contributed by atoms with E-state index in [-0.39, 0.29) is 0 Å². The van der Waals surface area contributed by atoms with Crippen LogP contribution in [0.3, 0.4) is 0 Å². The fraction of sp³-hybridized carbons (Fsp3) is 0.688. The second-order valence-electron chi connectivity index (χ2n) is 5.68. The minimum absolute atomic E-state index is 0.342. The van der Waals surface area contributed by atoms with E-state index in [1.807, 2.05) is 6.20 Å². The van der Waals surface area contributed by atoms with Gasteiger partial charge in [0, 0.05) is 25.0 Å². The highest BCUT2D eigenvalue weighted by Crippen LogP contribution is 2.27. The number of carbonyl (C=O) groups is 1. The predicted molar refractivity (Wildman–Crippen MR) is 80.4 cm³/mol. The summed E-state index contributed by atoms with van der Waals surface area (Å²) in [4.78, 5) is 13.9. The van der Waals surface area contributed by atoms with Crippen molar-refractivity contribution >= 4 is 5.97 Å². The molecule has 112 valence electrons. The van der Waals surface area contributed by atoms with E-state index < -0.39 is 5.97 Å². The normalized spacial score (nSPS) is 16.1. The molecule has 0 spiro atoms. The molecule has 0 saturated carbocycles. The van der Waals surface area contributed by atoms with Crippen molar-refractivity contribution in [1.82, 2.24) is 9.47 Å². The van der Waals surface area contributed by atoms with Gasteiger partial charge in [-0.1, -0.05) is 13.8 Å². The largest absolute Gasteiger partial charge is 0.478 e. The molecule has 1 aliphatic heterocycles. The van der Waals surface area contributed by atoms with Gasteiger partial charge < -0.3 is 14.6 Å². The molecular formula is C16H26N2O2. The standard InChI is InChI=1S/C16H26N2O2/c1-3-13(4-2)15-14(16(19)20)7-10-18(15)12-11-17-8-5-6-9-17/h7,10,13H,3-6,8-9,11-12H2,1-2H3,(H,19,20). The topological polar surface area (TPSA) is 45.5 Å². The molecule has 2 rings (SSSR count). The molecule has 2 heterocycles. The average Bonchev–Trinajstić information content (AvgIpc) is 3.07. The number of hydrogen-bond acceptors (Lipinski definition) is 2. The quantitative estimate of drug-likeness (QED) is 0.833. The fourth-order valence-corrected chi connectivity index (χ4v) is 3.25. The lowest BCUT2D eigenvalue weighted by Gasteiger charge is -2.20. The van der Waals surface area contributed by atoms with Crippen LogP contribution in [0, 0.1) is 0 Å². The molecule has 1 saturated heterocycles. The highest BCUT2D eigenvalue weighted by molar-refractivity contribution is 5.89. The van der Waals surface area contributed by atoms with Crippen LogP contribution >= 0.6 is 0 Å². The van der Waals surface area contributed by atoms with E-state index in [1.54, 1.807) is 6.07 Å². The SMILES string of the molecule is CCC(CC)c1c(C(=O)O)ccn1CCN1CCCC1. The second kappa shape index (κ2) is 6.93. The van der Waals surface area contributed by atoms with Gasteiger partial charge in [-0.15, -0.1) is 0 Å². The minimum Gasteiger partial charge on any atom is -0.478 e. The van der Waals surface area contributed by atoms with Gasteiger partial charge >= 0.3 is 5.97 Å². The third-order valence-electron chi connectivity index (χ3n) is 4.47. The van der Waals surface area contributed by atoms with Crippen molar-refractivity contribution in [3.8, 4) is 0 Å². The van der Waals surface area contributed by atoms with E-state index >= 15 is 0 Å². The van der Waals surface area contributed by atoms with Crippen molar-refractivity contribution in [2.45, 2.75) is 52.0 Å². The lowest BCUT2D eigenvalue weighted by atomic mass is 9.96. The highest BCUT2D eigenvalue weighted by Gasteiger charge is 2.21. The van der Waals surface area contributed by atoms with Crippen molar-refractivity contribution in [2.24, 2.45) is 0 Å². The van der Waals surface area contributed by atoms with Gasteiger partial charge in [-0.05, 0) is 50.8 Å². The molecule has 4 nitrogen and oxygen atoms in total. The lowest BCUT2D eigenvalue weighted by Crippen LogP contribution is -2.25. The zero-order chi connectivity index (χ0) is 14.5. The summed E-state index contributed by atoms with van der Waals surface area (Å²) in [5.41, 5.74) is 1.50. The van der Waals surface area contributed by atoms with Crippen molar-refractivity contribution in [1.29, 1.82) is 0 Å². The summed E-state index contributed by atoms with van der Waals surface area (Å²) in [6.45, 7) is 8.58. The van der Waals surface area contributed by atoms with Crippen LogP contribution in [-0.2, 0) is 6.54 Å². The van der Waals surface area contributed by atoms with Gasteiger partial charge in [0.15, 0.2) is 0 Å². The number of aromatic carboxylic acids is 1. The first-order chi connectivity index (χ1) is 9.67. The minimum atomic E-state index is -0.799. The van der Waals surface area contributed by atoms with Crippen LogP contribution in [0.1, 0.15) is 61.5 Å². The van der Waals surface area contributed by atoms with Gasteiger partial charge in [0.2, 0.25) is 0 Å². The van der Waals surface area contributed by atoms with E-state index in [1.165, 1.54) is 25.9 Å². The molecule has 0 unspecified atom stereocenters. The van der Waals surface area contributed by atoms with Crippen LogP contribution in [0.2, 0.25) is 0 Å². The van der Waals surface area contributed by atoms with Gasteiger partial charge in [-0.25, -0.2) is 4.79 Å². The lowest BCUT2D eigenvalue weighted by molar-refractivity contribution is 0.0694. The molecule has 4 heteroatoms. The van der Waals surface area contributed by atoms with Crippen molar-refractivity contribution < 1.29 is 9.90 Å². The zero-order valence-corrected chi connectivity index (χ0v) is 12.6. The monoisotopic (exact) mass is 278 g/mol. The van der Waals surface area contributed by atoms with Crippen LogP contribution in [-0.4, -0.2) is 40.2 Å². The van der Waals surface area contributed by atoms with Gasteiger partial charge in [-0.3, -0.25) is 0 Å². The van der Waals surface area contributed by atoms with Crippen molar-refractivity contribution in [3.05, 3.63) is 23.5 Å². The molecule has 0 bridgehead atoms. The molecule has 1 fully saturated rings. The van der Waals surface area contributed by atoms with Crippen molar-refractivity contribution in [3.63, 3.8) is 0 Å². The molecule has 0 aliphatic carbocycles. The Labute approximate surface area is 121 Å². The Morgan fingerprint density at radius 3 is 2.45 bits per heavy atom. The van der Waals surface area contributed by atoms with Crippen LogP contribution in [0.4, 0.5) is 0 Å². The average molecular weight is 278 g/mol. The van der Waals surface area contributed by atoms with E-state index in [0.717, 1.165) is 31.6 Å². The van der Waals surface area contributed by atoms with Gasteiger partial charge in [0.05, 0.1) is 5.56 Å². The molecular weight excluding hydrogens is 252 g/mol. The molecule has 0 amide bonds. The number of carboxylic acid groups (broad SMARTS) is 1. The zero-order valence-electron chi connectivity index (χ0n) is 12.6. The number of likely N-dealkylation sites (tertiary alicyclic amines) is 1. The summed E-state index contributed by atoms with van der Waals surface area (Å²) < 4.78 is 2.17. The Balaban J connectivity index is 2.16. The molecule has 0 radical (unpaired) electrons. The first-order valence-electron chi connectivity index (χ1n) is 7.82. The molecule has 1 aromatic heterocycles. The smallest absolute Gasteiger partial charge is 0.337 e. The number of nitrogens with zero attached hydrogens (tertiary/aromatic N) is 2. The van der Waals surface area contributed by atoms with E-state index in [4.69, 9.17) is 0 Å². The van der Waals surface area contributed by atoms with Crippen LogP contribution in [0.15, 0.2) is 12.3 Å². The molecule has 1 N–H and O–H groups in total. The van der Waals surface area contributed by atoms with Crippen LogP contribution in [0.25, 0.3) is 0 Å². The Morgan fingerprint density at radius 1 is 1.25 bits per heavy atom. The Hall–Kier alpha value is -1.29. The summed E-state index contributed by atoms with van der Waals surface area (Å²) in [5.74, 6) is -0.457. The Bertz CT molecular complexity index is 443. The summed E-state index contributed by atoms with van der Waals surface area (Å²) in [7, 11) is 0. The summed E-state index contributed by atoms with van der Waals surface area (Å²) >= 11 is 0. The first-order valence-corrected chi connectivity index (χ1v) is 7.82.